The largest absolute Gasteiger partial charge is 0.444 e. The van der Waals surface area contributed by atoms with Gasteiger partial charge in [-0.3, -0.25) is 0 Å². The number of benzene rings is 1. The summed E-state index contributed by atoms with van der Waals surface area (Å²) in [5, 5.41) is 0. The van der Waals surface area contributed by atoms with E-state index in [9.17, 15) is 9.18 Å². The molecule has 1 saturated heterocycles. The molecule has 22 heavy (non-hydrogen) atoms. The van der Waals surface area contributed by atoms with Crippen molar-refractivity contribution in [3.05, 3.63) is 34.1 Å². The van der Waals surface area contributed by atoms with Gasteiger partial charge >= 0.3 is 6.09 Å². The van der Waals surface area contributed by atoms with E-state index in [1.807, 2.05) is 20.8 Å². The Labute approximate surface area is 138 Å². The van der Waals surface area contributed by atoms with Crippen LogP contribution < -0.4 is 5.73 Å². The van der Waals surface area contributed by atoms with Gasteiger partial charge in [-0.1, -0.05) is 15.9 Å². The summed E-state index contributed by atoms with van der Waals surface area (Å²) in [5.41, 5.74) is 6.21. The van der Waals surface area contributed by atoms with Crippen molar-refractivity contribution in [1.82, 2.24) is 4.90 Å². The van der Waals surface area contributed by atoms with Crippen LogP contribution in [0.3, 0.4) is 0 Å². The third-order valence-electron chi connectivity index (χ3n) is 3.59. The minimum atomic E-state index is -0.569. The minimum Gasteiger partial charge on any atom is -0.444 e. The molecule has 2 unspecified atom stereocenters. The fraction of sp³-hybridized carbons (Fsp3) is 0.562. The number of hydrogen-bond acceptors (Lipinski definition) is 3. The number of likely N-dealkylation sites (tertiary alicyclic amines) is 1. The van der Waals surface area contributed by atoms with Gasteiger partial charge in [0.2, 0.25) is 0 Å². The second-order valence-corrected chi connectivity index (χ2v) is 7.49. The van der Waals surface area contributed by atoms with E-state index in [4.69, 9.17) is 10.5 Å². The maximum Gasteiger partial charge on any atom is 0.410 e. The average Bonchev–Trinajstić information content (AvgIpc) is 2.39. The SMILES string of the molecule is CC(C)(C)OC(=O)N1CCC(N)CC1c1cc(F)ccc1Br. The molecule has 0 saturated carbocycles. The minimum absolute atomic E-state index is 0.0149. The van der Waals surface area contributed by atoms with Crippen LogP contribution in [0.4, 0.5) is 9.18 Å². The van der Waals surface area contributed by atoms with Crippen LogP contribution in [0.1, 0.15) is 45.2 Å². The van der Waals surface area contributed by atoms with Crippen molar-refractivity contribution in [2.45, 2.75) is 51.3 Å². The van der Waals surface area contributed by atoms with Gasteiger partial charge < -0.3 is 15.4 Å². The Bertz CT molecular complexity index is 560. The van der Waals surface area contributed by atoms with E-state index in [-0.39, 0.29) is 24.0 Å². The monoisotopic (exact) mass is 372 g/mol. The molecule has 1 aromatic rings. The van der Waals surface area contributed by atoms with Crippen molar-refractivity contribution in [3.63, 3.8) is 0 Å². The first-order chi connectivity index (χ1) is 10.2. The Kier molecular flexibility index (Phi) is 5.12. The van der Waals surface area contributed by atoms with Gasteiger partial charge in [0.25, 0.3) is 0 Å². The number of piperidine rings is 1. The van der Waals surface area contributed by atoms with E-state index in [1.165, 1.54) is 12.1 Å². The lowest BCUT2D eigenvalue weighted by Crippen LogP contribution is -2.47. The summed E-state index contributed by atoms with van der Waals surface area (Å²) in [5.74, 6) is -0.332. The molecule has 0 aliphatic carbocycles. The summed E-state index contributed by atoms with van der Waals surface area (Å²) in [4.78, 5) is 14.1. The average molecular weight is 373 g/mol. The molecule has 0 radical (unpaired) electrons. The van der Waals surface area contributed by atoms with Crippen LogP contribution >= 0.6 is 15.9 Å². The highest BCUT2D eigenvalue weighted by atomic mass is 79.9. The van der Waals surface area contributed by atoms with Crippen LogP contribution in [0.5, 0.6) is 0 Å². The lowest BCUT2D eigenvalue weighted by molar-refractivity contribution is 0.00784. The molecule has 1 aromatic carbocycles. The molecule has 6 heteroatoms. The van der Waals surface area contributed by atoms with E-state index < -0.39 is 5.60 Å². The van der Waals surface area contributed by atoms with Crippen molar-refractivity contribution >= 4 is 22.0 Å². The zero-order valence-corrected chi connectivity index (χ0v) is 14.7. The van der Waals surface area contributed by atoms with Crippen LogP contribution in [0.2, 0.25) is 0 Å². The van der Waals surface area contributed by atoms with Crippen LogP contribution in [0.25, 0.3) is 0 Å². The third kappa shape index (κ3) is 4.20. The first kappa shape index (κ1) is 17.2. The van der Waals surface area contributed by atoms with Gasteiger partial charge in [0.05, 0.1) is 6.04 Å². The van der Waals surface area contributed by atoms with Gasteiger partial charge in [0.1, 0.15) is 11.4 Å². The predicted molar refractivity (Wildman–Crippen MR) is 87.0 cm³/mol. The van der Waals surface area contributed by atoms with Gasteiger partial charge in [-0.25, -0.2) is 9.18 Å². The molecule has 2 N–H and O–H groups in total. The normalized spacial score (nSPS) is 22.5. The second kappa shape index (κ2) is 6.54. The van der Waals surface area contributed by atoms with Crippen molar-refractivity contribution in [1.29, 1.82) is 0 Å². The molecular formula is C16H22BrFN2O2. The summed E-state index contributed by atoms with van der Waals surface area (Å²) in [6, 6.07) is 4.18. The lowest BCUT2D eigenvalue weighted by atomic mass is 9.92. The molecule has 1 fully saturated rings. The zero-order chi connectivity index (χ0) is 16.5. The molecule has 0 aromatic heterocycles. The molecule has 0 spiro atoms. The van der Waals surface area contributed by atoms with Crippen molar-refractivity contribution in [2.75, 3.05) is 6.54 Å². The fourth-order valence-electron chi connectivity index (χ4n) is 2.60. The number of rotatable bonds is 1. The summed E-state index contributed by atoms with van der Waals surface area (Å²) in [6.45, 7) is 5.98. The second-order valence-electron chi connectivity index (χ2n) is 6.64. The number of hydrogen-bond donors (Lipinski definition) is 1. The number of carbonyl (C=O) groups is 1. The molecule has 2 atom stereocenters. The Morgan fingerprint density at radius 1 is 1.45 bits per heavy atom. The van der Waals surface area contributed by atoms with E-state index in [2.05, 4.69) is 15.9 Å². The highest BCUT2D eigenvalue weighted by Gasteiger charge is 2.35. The first-order valence-electron chi connectivity index (χ1n) is 7.37. The third-order valence-corrected chi connectivity index (χ3v) is 4.31. The number of amides is 1. The quantitative estimate of drug-likeness (QED) is 0.810. The molecule has 1 amide bonds. The van der Waals surface area contributed by atoms with Crippen LogP contribution in [0.15, 0.2) is 22.7 Å². The topological polar surface area (TPSA) is 55.6 Å². The van der Waals surface area contributed by atoms with Gasteiger partial charge in [0, 0.05) is 17.1 Å². The van der Waals surface area contributed by atoms with Crippen molar-refractivity contribution in [2.24, 2.45) is 5.73 Å². The number of carbonyl (C=O) groups excluding carboxylic acids is 1. The van der Waals surface area contributed by atoms with Gasteiger partial charge in [-0.05, 0) is 57.4 Å². The van der Waals surface area contributed by atoms with E-state index in [0.29, 0.717) is 19.4 Å². The molecule has 0 bridgehead atoms. The summed E-state index contributed by atoms with van der Waals surface area (Å²) >= 11 is 3.44. The lowest BCUT2D eigenvalue weighted by Gasteiger charge is -2.39. The molecule has 1 aliphatic heterocycles. The molecular weight excluding hydrogens is 351 g/mol. The van der Waals surface area contributed by atoms with Gasteiger partial charge in [0.15, 0.2) is 0 Å². The van der Waals surface area contributed by atoms with E-state index >= 15 is 0 Å². The number of nitrogens with zero attached hydrogens (tertiary/aromatic N) is 1. The number of nitrogens with two attached hydrogens (primary N) is 1. The predicted octanol–water partition coefficient (Wildman–Crippen LogP) is 3.99. The summed E-state index contributed by atoms with van der Waals surface area (Å²) < 4.78 is 19.8. The number of halogens is 2. The maximum atomic E-state index is 13.6. The standard InChI is InChI=1S/C16H22BrFN2O2/c1-16(2,3)22-15(21)20-7-6-11(19)9-14(20)12-8-10(18)4-5-13(12)17/h4-5,8,11,14H,6-7,9,19H2,1-3H3. The maximum absolute atomic E-state index is 13.6. The number of ether oxygens (including phenoxy) is 1. The van der Waals surface area contributed by atoms with E-state index in [1.54, 1.807) is 11.0 Å². The van der Waals surface area contributed by atoms with Crippen molar-refractivity contribution < 1.29 is 13.9 Å². The molecule has 1 heterocycles. The Balaban J connectivity index is 2.31. The molecule has 1 aliphatic rings. The zero-order valence-electron chi connectivity index (χ0n) is 13.1. The van der Waals surface area contributed by atoms with Gasteiger partial charge in [-0.15, -0.1) is 0 Å². The molecule has 2 rings (SSSR count). The summed E-state index contributed by atoms with van der Waals surface area (Å²) in [6.07, 6.45) is 0.907. The van der Waals surface area contributed by atoms with Crippen molar-refractivity contribution in [3.8, 4) is 0 Å². The van der Waals surface area contributed by atoms with Crippen LogP contribution in [-0.2, 0) is 4.74 Å². The smallest absolute Gasteiger partial charge is 0.410 e. The highest BCUT2D eigenvalue weighted by Crippen LogP contribution is 2.36. The Morgan fingerprint density at radius 2 is 2.14 bits per heavy atom. The first-order valence-corrected chi connectivity index (χ1v) is 8.17. The Morgan fingerprint density at radius 3 is 2.77 bits per heavy atom. The van der Waals surface area contributed by atoms with Crippen LogP contribution in [0, 0.1) is 5.82 Å². The fourth-order valence-corrected chi connectivity index (χ4v) is 3.11. The van der Waals surface area contributed by atoms with Gasteiger partial charge in [-0.2, -0.15) is 0 Å². The highest BCUT2D eigenvalue weighted by molar-refractivity contribution is 9.10. The molecule has 4 nitrogen and oxygen atoms in total. The molecule has 122 valence electrons. The van der Waals surface area contributed by atoms with E-state index in [0.717, 1.165) is 10.0 Å². The van der Waals surface area contributed by atoms with Crippen LogP contribution in [-0.4, -0.2) is 29.2 Å². The summed E-state index contributed by atoms with van der Waals surface area (Å²) in [7, 11) is 0. The Hall–Kier alpha value is -1.14.